The van der Waals surface area contributed by atoms with E-state index >= 15 is 0 Å². The highest BCUT2D eigenvalue weighted by Crippen LogP contribution is 2.47. The Morgan fingerprint density at radius 3 is 0.940 bits per heavy atom. The molecule has 16 rings (SSSR count). The molecular formula is C80H54BBrO2. The van der Waals surface area contributed by atoms with Crippen molar-refractivity contribution in [1.82, 2.24) is 0 Å². The van der Waals surface area contributed by atoms with Crippen molar-refractivity contribution in [3.05, 3.63) is 320 Å². The second-order valence-electron chi connectivity index (χ2n) is 21.3. The lowest BCUT2D eigenvalue weighted by Crippen LogP contribution is -2.31. The molecule has 0 saturated carbocycles. The van der Waals surface area contributed by atoms with E-state index in [9.17, 15) is 10.0 Å². The van der Waals surface area contributed by atoms with Crippen molar-refractivity contribution in [1.29, 1.82) is 0 Å². The summed E-state index contributed by atoms with van der Waals surface area (Å²) in [6.45, 7) is 0. The van der Waals surface area contributed by atoms with Crippen LogP contribution in [0.5, 0.6) is 0 Å². The van der Waals surface area contributed by atoms with Gasteiger partial charge in [-0.2, -0.15) is 0 Å². The maximum Gasteiger partial charge on any atom is 0.489 e. The normalized spacial score (nSPS) is 11.3. The number of fused-ring (bicyclic) bond motifs is 10. The molecule has 0 amide bonds. The molecule has 84 heavy (non-hydrogen) atoms. The SMILES string of the molecule is Brc1ccc2ccc3ccccc3c2c1.OB(O)c1c2ccccc2c(-c2ccccc2-c2ccccc2)c2ccccc12.c1ccc(-c2ccccc2-c2c3ccccc3c(-c3ccc4ccc5ccccc5c4c3)c3ccccc23)cc1. The topological polar surface area (TPSA) is 40.5 Å². The summed E-state index contributed by atoms with van der Waals surface area (Å²) in [5, 5.41) is 39.5. The molecule has 0 aliphatic rings. The maximum atomic E-state index is 10.2. The summed E-state index contributed by atoms with van der Waals surface area (Å²) in [5.74, 6) is 0. The van der Waals surface area contributed by atoms with Crippen LogP contribution in [0.15, 0.2) is 320 Å². The lowest BCUT2D eigenvalue weighted by atomic mass is 9.72. The van der Waals surface area contributed by atoms with Crippen molar-refractivity contribution in [3.63, 3.8) is 0 Å². The number of hydrogen-bond acceptors (Lipinski definition) is 2. The Kier molecular flexibility index (Phi) is 14.1. The number of hydrogen-bond donors (Lipinski definition) is 2. The zero-order valence-electron chi connectivity index (χ0n) is 45.9. The van der Waals surface area contributed by atoms with Gasteiger partial charge in [0.1, 0.15) is 0 Å². The molecule has 16 aromatic carbocycles. The third kappa shape index (κ3) is 9.66. The minimum Gasteiger partial charge on any atom is -0.423 e. The van der Waals surface area contributed by atoms with Gasteiger partial charge >= 0.3 is 7.12 Å². The van der Waals surface area contributed by atoms with Gasteiger partial charge < -0.3 is 10.0 Å². The lowest BCUT2D eigenvalue weighted by Gasteiger charge is -2.20. The molecule has 0 fully saturated rings. The minimum absolute atomic E-state index is 0.553. The zero-order chi connectivity index (χ0) is 56.5. The molecule has 0 atom stereocenters. The number of benzene rings is 16. The Bertz CT molecular complexity index is 5020. The van der Waals surface area contributed by atoms with E-state index in [2.05, 4.69) is 277 Å². The molecule has 0 aliphatic heterocycles. The van der Waals surface area contributed by atoms with E-state index in [4.69, 9.17) is 0 Å². The third-order valence-electron chi connectivity index (χ3n) is 16.5. The third-order valence-corrected chi connectivity index (χ3v) is 17.0. The standard InChI is InChI=1S/C40H26.C26H19BO2.C14H9Br/c1-2-12-27(13-3-1)31-15-6-7-17-33(31)40-36-20-10-8-18-34(36)39(35-19-9-11-21-37(35)40)30-25-24-29-23-22-28-14-4-5-16-32(28)38(29)26-30;28-27(29)26-23-16-8-6-14-21(23)25(22-15-7-9-17-24(22)26)20-13-5-4-12-19(20)18-10-2-1-3-11-18;15-12-8-7-11-6-5-10-3-1-2-4-13(10)14(11)9-12/h1-26H;1-17,28-29H;1-9H. The number of halogens is 1. The van der Waals surface area contributed by atoms with Gasteiger partial charge in [-0.15, -0.1) is 0 Å². The second-order valence-corrected chi connectivity index (χ2v) is 22.2. The molecule has 0 bridgehead atoms. The first-order valence-corrected chi connectivity index (χ1v) is 29.3. The highest BCUT2D eigenvalue weighted by Gasteiger charge is 2.24. The molecule has 0 heterocycles. The van der Waals surface area contributed by atoms with Crippen LogP contribution >= 0.6 is 15.9 Å². The van der Waals surface area contributed by atoms with Crippen molar-refractivity contribution >= 4 is 115 Å². The van der Waals surface area contributed by atoms with Gasteiger partial charge in [0, 0.05) is 4.47 Å². The van der Waals surface area contributed by atoms with Crippen molar-refractivity contribution in [2.45, 2.75) is 0 Å². The minimum atomic E-state index is -1.54. The van der Waals surface area contributed by atoms with Crippen molar-refractivity contribution in [3.8, 4) is 55.6 Å². The Labute approximate surface area is 497 Å². The summed E-state index contributed by atoms with van der Waals surface area (Å²) in [6.07, 6.45) is 0. The molecule has 396 valence electrons. The predicted octanol–water partition coefficient (Wildman–Crippen LogP) is 21.1. The predicted molar refractivity (Wildman–Crippen MR) is 364 cm³/mol. The Morgan fingerprint density at radius 2 is 0.512 bits per heavy atom. The van der Waals surface area contributed by atoms with Crippen molar-refractivity contribution in [2.24, 2.45) is 0 Å². The molecule has 0 aliphatic carbocycles. The Hall–Kier alpha value is -9.94. The van der Waals surface area contributed by atoms with Gasteiger partial charge in [0.05, 0.1) is 0 Å². The van der Waals surface area contributed by atoms with Crippen LogP contribution in [0, 0.1) is 0 Å². The van der Waals surface area contributed by atoms with Crippen LogP contribution in [0.3, 0.4) is 0 Å². The van der Waals surface area contributed by atoms with Gasteiger partial charge in [0.15, 0.2) is 0 Å². The van der Waals surface area contributed by atoms with E-state index in [-0.39, 0.29) is 0 Å². The van der Waals surface area contributed by atoms with E-state index < -0.39 is 7.12 Å². The number of rotatable bonds is 6. The van der Waals surface area contributed by atoms with Gasteiger partial charge in [-0.3, -0.25) is 0 Å². The summed E-state index contributed by atoms with van der Waals surface area (Å²) in [4.78, 5) is 0. The highest BCUT2D eigenvalue weighted by atomic mass is 79.9. The van der Waals surface area contributed by atoms with Crippen LogP contribution in [-0.4, -0.2) is 17.2 Å². The first-order valence-electron chi connectivity index (χ1n) is 28.5. The fraction of sp³-hybridized carbons (Fsp3) is 0. The average Bonchev–Trinajstić information content (AvgIpc) is 1.58. The summed E-state index contributed by atoms with van der Waals surface area (Å²) >= 11 is 3.52. The quantitative estimate of drug-likeness (QED) is 0.0990. The van der Waals surface area contributed by atoms with Gasteiger partial charge in [-0.25, -0.2) is 0 Å². The van der Waals surface area contributed by atoms with Crippen LogP contribution in [0.4, 0.5) is 0 Å². The lowest BCUT2D eigenvalue weighted by molar-refractivity contribution is 0.426. The summed E-state index contributed by atoms with van der Waals surface area (Å²) in [5.41, 5.74) is 12.7. The molecule has 16 aromatic rings. The van der Waals surface area contributed by atoms with Crippen molar-refractivity contribution < 1.29 is 10.0 Å². The molecule has 0 aromatic heterocycles. The van der Waals surface area contributed by atoms with E-state index in [0.29, 0.717) is 5.46 Å². The zero-order valence-corrected chi connectivity index (χ0v) is 47.5. The first kappa shape index (κ1) is 52.2. The first-order chi connectivity index (χ1) is 41.5. The Morgan fingerprint density at radius 1 is 0.214 bits per heavy atom. The molecular weight excluding hydrogens is 1080 g/mol. The fourth-order valence-corrected chi connectivity index (χ4v) is 13.1. The molecule has 0 radical (unpaired) electrons. The maximum absolute atomic E-state index is 10.2. The molecule has 2 nitrogen and oxygen atoms in total. The van der Waals surface area contributed by atoms with Crippen LogP contribution in [-0.2, 0) is 0 Å². The molecule has 0 saturated heterocycles. The van der Waals surface area contributed by atoms with Crippen LogP contribution in [0.25, 0.3) is 142 Å². The summed E-state index contributed by atoms with van der Waals surface area (Å²) < 4.78 is 1.13. The summed E-state index contributed by atoms with van der Waals surface area (Å²) in [7, 11) is -1.54. The van der Waals surface area contributed by atoms with E-state index in [1.165, 1.54) is 98.0 Å². The van der Waals surface area contributed by atoms with Crippen LogP contribution in [0.2, 0.25) is 0 Å². The summed E-state index contributed by atoms with van der Waals surface area (Å²) in [6, 6.07) is 111. The van der Waals surface area contributed by atoms with Gasteiger partial charge in [0.2, 0.25) is 0 Å². The molecule has 4 heteroatoms. The van der Waals surface area contributed by atoms with Gasteiger partial charge in [-0.1, -0.05) is 313 Å². The molecule has 0 unspecified atom stereocenters. The highest BCUT2D eigenvalue weighted by molar-refractivity contribution is 9.10. The van der Waals surface area contributed by atoms with Gasteiger partial charge in [0.25, 0.3) is 0 Å². The largest absolute Gasteiger partial charge is 0.489 e. The monoisotopic (exact) mass is 1140 g/mol. The molecule has 2 N–H and O–H groups in total. The van der Waals surface area contributed by atoms with Crippen molar-refractivity contribution in [2.75, 3.05) is 0 Å². The van der Waals surface area contributed by atoms with E-state index in [1.807, 2.05) is 54.6 Å². The van der Waals surface area contributed by atoms with Crippen LogP contribution < -0.4 is 5.46 Å². The Balaban J connectivity index is 0.000000124. The van der Waals surface area contributed by atoms with E-state index in [0.717, 1.165) is 48.3 Å². The van der Waals surface area contributed by atoms with Crippen LogP contribution in [0.1, 0.15) is 0 Å². The average molecular weight is 1140 g/mol. The smallest absolute Gasteiger partial charge is 0.423 e. The van der Waals surface area contributed by atoms with E-state index in [1.54, 1.807) is 0 Å². The van der Waals surface area contributed by atoms with Gasteiger partial charge in [-0.05, 0) is 165 Å². The second kappa shape index (κ2) is 22.8. The molecule has 0 spiro atoms. The fourth-order valence-electron chi connectivity index (χ4n) is 12.7.